The summed E-state index contributed by atoms with van der Waals surface area (Å²) in [5.41, 5.74) is 3.77. The van der Waals surface area contributed by atoms with Crippen LogP contribution in [0.3, 0.4) is 0 Å². The Bertz CT molecular complexity index is 658. The molecule has 1 heterocycles. The lowest BCUT2D eigenvalue weighted by atomic mass is 10.1. The number of benzene rings is 2. The first-order chi connectivity index (χ1) is 8.33. The van der Waals surface area contributed by atoms with Gasteiger partial charge in [0.25, 0.3) is 0 Å². The average molecular weight is 259 g/mol. The molecule has 0 fully saturated rings. The number of rotatable bonds is 2. The van der Waals surface area contributed by atoms with Crippen molar-refractivity contribution < 1.29 is 0 Å². The number of nitrogens with zero attached hydrogens (tertiary/aromatic N) is 2. The number of aromatic nitrogens is 2. The molecular weight excluding hydrogens is 244 g/mol. The summed E-state index contributed by atoms with van der Waals surface area (Å²) in [6, 6.07) is 16.9. The van der Waals surface area contributed by atoms with E-state index in [4.69, 9.17) is 0 Å². The molecule has 2 nitrogen and oxygen atoms in total. The van der Waals surface area contributed by atoms with Gasteiger partial charge in [-0.2, -0.15) is 5.10 Å². The molecular formula is C15H15ClN2. The lowest BCUT2D eigenvalue weighted by Crippen LogP contribution is -2.01. The second kappa shape index (κ2) is 5.23. The maximum atomic E-state index is 4.44. The zero-order valence-electron chi connectivity index (χ0n) is 10.2. The molecule has 1 aromatic heterocycles. The molecule has 0 atom stereocenters. The summed E-state index contributed by atoms with van der Waals surface area (Å²) >= 11 is 0. The van der Waals surface area contributed by atoms with Gasteiger partial charge in [0.2, 0.25) is 0 Å². The highest BCUT2D eigenvalue weighted by molar-refractivity contribution is 5.85. The van der Waals surface area contributed by atoms with Gasteiger partial charge in [-0.1, -0.05) is 48.0 Å². The van der Waals surface area contributed by atoms with Crippen LogP contribution in [-0.2, 0) is 6.54 Å². The minimum absolute atomic E-state index is 0. The Morgan fingerprint density at radius 2 is 1.89 bits per heavy atom. The Labute approximate surface area is 113 Å². The van der Waals surface area contributed by atoms with Crippen LogP contribution in [0.15, 0.2) is 54.7 Å². The second-order valence-electron chi connectivity index (χ2n) is 4.35. The zero-order valence-corrected chi connectivity index (χ0v) is 11.0. The van der Waals surface area contributed by atoms with Crippen molar-refractivity contribution >= 4 is 23.3 Å². The van der Waals surface area contributed by atoms with Crippen LogP contribution >= 0.6 is 12.4 Å². The third-order valence-electron chi connectivity index (χ3n) is 2.97. The third-order valence-corrected chi connectivity index (χ3v) is 2.97. The molecule has 18 heavy (non-hydrogen) atoms. The van der Waals surface area contributed by atoms with Crippen LogP contribution < -0.4 is 0 Å². The molecule has 3 aromatic rings. The van der Waals surface area contributed by atoms with Gasteiger partial charge in [0.15, 0.2) is 0 Å². The molecule has 0 N–H and O–H groups in total. The highest BCUT2D eigenvalue weighted by atomic mass is 35.5. The highest BCUT2D eigenvalue weighted by Gasteiger charge is 2.02. The van der Waals surface area contributed by atoms with Gasteiger partial charge in [0.05, 0.1) is 18.3 Å². The number of hydrogen-bond donors (Lipinski definition) is 0. The van der Waals surface area contributed by atoms with Gasteiger partial charge in [-0.25, -0.2) is 0 Å². The van der Waals surface area contributed by atoms with Crippen LogP contribution in [0.4, 0.5) is 0 Å². The third kappa shape index (κ3) is 2.39. The van der Waals surface area contributed by atoms with Crippen molar-refractivity contribution in [1.29, 1.82) is 0 Å². The molecule has 0 saturated carbocycles. The lowest BCUT2D eigenvalue weighted by Gasteiger charge is -2.04. The fourth-order valence-electron chi connectivity index (χ4n) is 2.14. The van der Waals surface area contributed by atoms with Gasteiger partial charge in [-0.15, -0.1) is 12.4 Å². The van der Waals surface area contributed by atoms with Crippen LogP contribution in [0.25, 0.3) is 10.9 Å². The van der Waals surface area contributed by atoms with Crippen molar-refractivity contribution in [3.8, 4) is 0 Å². The van der Waals surface area contributed by atoms with Crippen LogP contribution in [0, 0.1) is 6.92 Å². The molecule has 0 aliphatic carbocycles. The Hall–Kier alpha value is -1.80. The van der Waals surface area contributed by atoms with E-state index < -0.39 is 0 Å². The summed E-state index contributed by atoms with van der Waals surface area (Å²) in [5, 5.41) is 5.63. The molecule has 0 aliphatic rings. The fraction of sp³-hybridized carbons (Fsp3) is 0.133. The quantitative estimate of drug-likeness (QED) is 0.683. The monoisotopic (exact) mass is 258 g/mol. The smallest absolute Gasteiger partial charge is 0.0686 e. The molecule has 92 valence electrons. The van der Waals surface area contributed by atoms with Gasteiger partial charge >= 0.3 is 0 Å². The molecule has 3 heteroatoms. The molecule has 0 spiro atoms. The summed E-state index contributed by atoms with van der Waals surface area (Å²) in [5.74, 6) is 0. The molecule has 3 rings (SSSR count). The largest absolute Gasteiger partial charge is 0.260 e. The molecule has 0 radical (unpaired) electrons. The first-order valence-electron chi connectivity index (χ1n) is 5.79. The van der Waals surface area contributed by atoms with Crippen molar-refractivity contribution in [2.45, 2.75) is 13.5 Å². The van der Waals surface area contributed by atoms with Crippen LogP contribution in [0.5, 0.6) is 0 Å². The van der Waals surface area contributed by atoms with E-state index in [2.05, 4.69) is 54.5 Å². The van der Waals surface area contributed by atoms with E-state index in [1.54, 1.807) is 0 Å². The topological polar surface area (TPSA) is 17.8 Å². The Morgan fingerprint density at radius 3 is 2.72 bits per heavy atom. The van der Waals surface area contributed by atoms with E-state index >= 15 is 0 Å². The molecule has 0 bridgehead atoms. The van der Waals surface area contributed by atoms with E-state index in [0.717, 1.165) is 6.54 Å². The summed E-state index contributed by atoms with van der Waals surface area (Å²) in [4.78, 5) is 0. The average Bonchev–Trinajstić information content (AvgIpc) is 2.73. The number of halogens is 1. The van der Waals surface area contributed by atoms with Gasteiger partial charge in [-0.05, 0) is 18.6 Å². The number of aryl methyl sites for hydroxylation is 1. The Kier molecular flexibility index (Phi) is 3.68. The minimum atomic E-state index is 0. The summed E-state index contributed by atoms with van der Waals surface area (Å²) in [6.45, 7) is 2.94. The summed E-state index contributed by atoms with van der Waals surface area (Å²) < 4.78 is 2.05. The normalized spacial score (nSPS) is 10.3. The maximum absolute atomic E-state index is 4.44. The standard InChI is InChI=1S/C15H14N2.ClH/c1-12-5-4-6-13(9-12)11-17-15-8-3-2-7-14(15)10-16-17;/h2-10H,11H2,1H3;1H. The summed E-state index contributed by atoms with van der Waals surface area (Å²) in [6.07, 6.45) is 1.92. The number of para-hydroxylation sites is 1. The van der Waals surface area contributed by atoms with Crippen molar-refractivity contribution in [3.63, 3.8) is 0 Å². The minimum Gasteiger partial charge on any atom is -0.260 e. The predicted octanol–water partition coefficient (Wildman–Crippen LogP) is 3.81. The molecule has 0 saturated heterocycles. The first kappa shape index (κ1) is 12.7. The van der Waals surface area contributed by atoms with Gasteiger partial charge < -0.3 is 0 Å². The SMILES string of the molecule is Cc1cccc(Cn2ncc3ccccc32)c1.Cl. The molecule has 0 unspecified atom stereocenters. The van der Waals surface area contributed by atoms with E-state index in [-0.39, 0.29) is 12.4 Å². The Morgan fingerprint density at radius 1 is 1.06 bits per heavy atom. The lowest BCUT2D eigenvalue weighted by molar-refractivity contribution is 0.712. The zero-order chi connectivity index (χ0) is 11.7. The van der Waals surface area contributed by atoms with Crippen molar-refractivity contribution in [2.24, 2.45) is 0 Å². The van der Waals surface area contributed by atoms with E-state index in [1.165, 1.54) is 22.0 Å². The van der Waals surface area contributed by atoms with E-state index in [9.17, 15) is 0 Å². The molecule has 0 amide bonds. The van der Waals surface area contributed by atoms with Gasteiger partial charge in [0.1, 0.15) is 0 Å². The van der Waals surface area contributed by atoms with E-state index in [1.807, 2.05) is 16.9 Å². The highest BCUT2D eigenvalue weighted by Crippen LogP contribution is 2.14. The first-order valence-corrected chi connectivity index (χ1v) is 5.79. The van der Waals surface area contributed by atoms with Crippen molar-refractivity contribution in [1.82, 2.24) is 9.78 Å². The van der Waals surface area contributed by atoms with Crippen LogP contribution in [-0.4, -0.2) is 9.78 Å². The Balaban J connectivity index is 0.00000120. The van der Waals surface area contributed by atoms with Crippen LogP contribution in [0.2, 0.25) is 0 Å². The molecule has 2 aromatic carbocycles. The maximum Gasteiger partial charge on any atom is 0.0686 e. The fourth-order valence-corrected chi connectivity index (χ4v) is 2.14. The van der Waals surface area contributed by atoms with Crippen molar-refractivity contribution in [2.75, 3.05) is 0 Å². The number of fused-ring (bicyclic) bond motifs is 1. The molecule has 0 aliphatic heterocycles. The number of hydrogen-bond acceptors (Lipinski definition) is 1. The second-order valence-corrected chi connectivity index (χ2v) is 4.35. The van der Waals surface area contributed by atoms with Gasteiger partial charge in [-0.3, -0.25) is 4.68 Å². The van der Waals surface area contributed by atoms with Crippen molar-refractivity contribution in [3.05, 3.63) is 65.9 Å². The predicted molar refractivity (Wildman–Crippen MR) is 77.3 cm³/mol. The van der Waals surface area contributed by atoms with Crippen LogP contribution in [0.1, 0.15) is 11.1 Å². The van der Waals surface area contributed by atoms with Gasteiger partial charge in [0, 0.05) is 5.39 Å². The summed E-state index contributed by atoms with van der Waals surface area (Å²) in [7, 11) is 0. The van der Waals surface area contributed by atoms with E-state index in [0.29, 0.717) is 0 Å².